The summed E-state index contributed by atoms with van der Waals surface area (Å²) in [5, 5.41) is 4.50. The molecule has 202 valence electrons. The summed E-state index contributed by atoms with van der Waals surface area (Å²) in [4.78, 5) is 14.8. The van der Waals surface area contributed by atoms with Gasteiger partial charge in [0.25, 0.3) is 0 Å². The third kappa shape index (κ3) is 7.04. The molecule has 2 aromatic carbocycles. The van der Waals surface area contributed by atoms with Gasteiger partial charge in [0.1, 0.15) is 12.4 Å². The van der Waals surface area contributed by atoms with E-state index in [1.165, 1.54) is 7.11 Å². The molecule has 1 aliphatic heterocycles. The zero-order chi connectivity index (χ0) is 26.9. The quantitative estimate of drug-likeness (QED) is 0.208. The van der Waals surface area contributed by atoms with E-state index < -0.39 is 0 Å². The number of benzene rings is 2. The van der Waals surface area contributed by atoms with Crippen LogP contribution in [-0.2, 0) is 20.8 Å². The molecule has 0 atom stereocenters. The van der Waals surface area contributed by atoms with Crippen molar-refractivity contribution < 1.29 is 19.0 Å². The minimum Gasteiger partial charge on any atom is -0.491 e. The van der Waals surface area contributed by atoms with Crippen LogP contribution in [0.1, 0.15) is 57.2 Å². The summed E-state index contributed by atoms with van der Waals surface area (Å²) in [7, 11) is 1.43. The number of methoxy groups -OCH3 is 1. The van der Waals surface area contributed by atoms with Crippen LogP contribution in [-0.4, -0.2) is 49.2 Å². The molecule has 0 bridgehead atoms. The fourth-order valence-corrected chi connectivity index (χ4v) is 4.50. The zero-order valence-electron chi connectivity index (χ0n) is 23.0. The first-order valence-electron chi connectivity index (χ1n) is 13.5. The number of hydrogen-bond acceptors (Lipinski definition) is 6. The second-order valence-corrected chi connectivity index (χ2v) is 9.87. The van der Waals surface area contributed by atoms with Gasteiger partial charge in [-0.05, 0) is 73.7 Å². The van der Waals surface area contributed by atoms with Crippen LogP contribution in [0.5, 0.6) is 5.75 Å². The summed E-state index contributed by atoms with van der Waals surface area (Å²) in [6.45, 7) is 9.73. The lowest BCUT2D eigenvalue weighted by molar-refractivity contribution is -0.136. The molecule has 0 fully saturated rings. The zero-order valence-corrected chi connectivity index (χ0v) is 23.0. The van der Waals surface area contributed by atoms with Crippen LogP contribution < -0.4 is 9.64 Å². The molecule has 4 rings (SSSR count). The highest BCUT2D eigenvalue weighted by molar-refractivity contribution is 5.96. The molecule has 0 radical (unpaired) electrons. The topological polar surface area (TPSA) is 65.8 Å². The van der Waals surface area contributed by atoms with Gasteiger partial charge in [0.15, 0.2) is 0 Å². The second-order valence-electron chi connectivity index (χ2n) is 9.87. The highest BCUT2D eigenvalue weighted by Crippen LogP contribution is 2.34. The fourth-order valence-electron chi connectivity index (χ4n) is 4.50. The van der Waals surface area contributed by atoms with Gasteiger partial charge in [-0.3, -0.25) is 4.68 Å². The minimum absolute atomic E-state index is 0.281. The number of fused-ring (bicyclic) bond motifs is 1. The molecule has 0 N–H and O–H groups in total. The Bertz CT molecular complexity index is 1230. The number of aromatic nitrogens is 2. The lowest BCUT2D eigenvalue weighted by Crippen LogP contribution is -2.24. The van der Waals surface area contributed by atoms with Crippen molar-refractivity contribution in [1.82, 2.24) is 9.78 Å². The van der Waals surface area contributed by atoms with E-state index in [1.807, 2.05) is 29.1 Å². The van der Waals surface area contributed by atoms with Crippen molar-refractivity contribution in [3.8, 4) is 16.9 Å². The van der Waals surface area contributed by atoms with E-state index in [9.17, 15) is 4.79 Å². The first-order chi connectivity index (χ1) is 18.5. The van der Waals surface area contributed by atoms with Crippen LogP contribution in [0.4, 0.5) is 5.69 Å². The third-order valence-corrected chi connectivity index (χ3v) is 6.68. The molecular formula is C31H39N3O4. The van der Waals surface area contributed by atoms with Gasteiger partial charge >= 0.3 is 5.97 Å². The molecule has 1 aliphatic rings. The lowest BCUT2D eigenvalue weighted by atomic mass is 10.00. The molecule has 0 saturated heterocycles. The highest BCUT2D eigenvalue weighted by atomic mass is 16.5. The van der Waals surface area contributed by atoms with Gasteiger partial charge in [-0.2, -0.15) is 5.10 Å². The van der Waals surface area contributed by atoms with Gasteiger partial charge in [-0.25, -0.2) is 4.79 Å². The number of nitrogens with zero attached hydrogens (tertiary/aromatic N) is 3. The normalized spacial score (nSPS) is 13.2. The summed E-state index contributed by atoms with van der Waals surface area (Å²) in [6, 6.07) is 14.8. The van der Waals surface area contributed by atoms with E-state index in [1.54, 1.807) is 0 Å². The molecule has 0 spiro atoms. The number of unbranched alkanes of at least 4 members (excludes halogenated alkanes) is 1. The molecule has 0 aliphatic carbocycles. The van der Waals surface area contributed by atoms with E-state index in [0.717, 1.165) is 59.7 Å². The Morgan fingerprint density at radius 3 is 2.55 bits per heavy atom. The summed E-state index contributed by atoms with van der Waals surface area (Å²) >= 11 is 0. The average molecular weight is 518 g/mol. The number of carbonyl (C=O) groups excluding carboxylic acids is 1. The van der Waals surface area contributed by atoms with Crippen molar-refractivity contribution in [3.05, 3.63) is 71.6 Å². The summed E-state index contributed by atoms with van der Waals surface area (Å²) in [5.41, 5.74) is 6.07. The molecule has 7 nitrogen and oxygen atoms in total. The minimum atomic E-state index is -0.281. The lowest BCUT2D eigenvalue weighted by Gasteiger charge is -2.25. The highest BCUT2D eigenvalue weighted by Gasteiger charge is 2.21. The van der Waals surface area contributed by atoms with Crippen LogP contribution in [0.2, 0.25) is 0 Å². The Morgan fingerprint density at radius 2 is 1.84 bits per heavy atom. The molecule has 2 heterocycles. The van der Waals surface area contributed by atoms with E-state index in [-0.39, 0.29) is 5.97 Å². The predicted octanol–water partition coefficient (Wildman–Crippen LogP) is 6.29. The average Bonchev–Trinajstić information content (AvgIpc) is 3.33. The van der Waals surface area contributed by atoms with Crippen molar-refractivity contribution >= 4 is 17.7 Å². The number of rotatable bonds is 12. The number of esters is 1. The van der Waals surface area contributed by atoms with E-state index in [4.69, 9.17) is 14.2 Å². The summed E-state index contributed by atoms with van der Waals surface area (Å²) in [6.07, 6.45) is 8.81. The van der Waals surface area contributed by atoms with E-state index in [0.29, 0.717) is 37.8 Å². The molecular weight excluding hydrogens is 478 g/mol. The SMILES string of the molecule is CCCCOCCOc1ccc(-c2ccc3c(c2)C=C(C(=O)OC)CCN3Cc2cnn(C(C)C)c2)cc1. The van der Waals surface area contributed by atoms with Crippen molar-refractivity contribution in [2.24, 2.45) is 0 Å². The monoisotopic (exact) mass is 517 g/mol. The number of carbonyl (C=O) groups is 1. The Balaban J connectivity index is 1.53. The van der Waals surface area contributed by atoms with Crippen molar-refractivity contribution in [2.45, 2.75) is 52.6 Å². The second kappa shape index (κ2) is 13.3. The van der Waals surface area contributed by atoms with Crippen molar-refractivity contribution in [2.75, 3.05) is 38.4 Å². The Morgan fingerprint density at radius 1 is 1.05 bits per heavy atom. The van der Waals surface area contributed by atoms with Gasteiger partial charge in [0.05, 0.1) is 19.9 Å². The van der Waals surface area contributed by atoms with E-state index in [2.05, 4.69) is 67.3 Å². The Kier molecular flexibility index (Phi) is 9.60. The molecule has 3 aromatic rings. The van der Waals surface area contributed by atoms with Crippen molar-refractivity contribution in [1.29, 1.82) is 0 Å². The van der Waals surface area contributed by atoms with Gasteiger partial charge in [-0.15, -0.1) is 0 Å². The standard InChI is InChI=1S/C31H39N3O4/c1-5-6-15-37-16-17-38-29-10-7-25(8-11-29)26-9-12-30-28(18-26)19-27(31(35)36-4)13-14-33(30)21-24-20-32-34(22-24)23(2)3/h7-12,18-20,22-23H,5-6,13-17,21H2,1-4H3. The molecule has 38 heavy (non-hydrogen) atoms. The maximum absolute atomic E-state index is 12.5. The van der Waals surface area contributed by atoms with Gasteiger partial charge in [0, 0.05) is 48.8 Å². The predicted molar refractivity (Wildman–Crippen MR) is 151 cm³/mol. The third-order valence-electron chi connectivity index (χ3n) is 6.68. The van der Waals surface area contributed by atoms with Crippen LogP contribution in [0, 0.1) is 0 Å². The molecule has 1 aromatic heterocycles. The maximum Gasteiger partial charge on any atom is 0.333 e. The summed E-state index contributed by atoms with van der Waals surface area (Å²) in [5.74, 6) is 0.541. The Labute approximate surface area is 226 Å². The first kappa shape index (κ1) is 27.5. The van der Waals surface area contributed by atoms with Gasteiger partial charge < -0.3 is 19.1 Å². The number of ether oxygens (including phenoxy) is 3. The largest absolute Gasteiger partial charge is 0.491 e. The summed E-state index contributed by atoms with van der Waals surface area (Å²) < 4.78 is 18.4. The van der Waals surface area contributed by atoms with Gasteiger partial charge in [0.2, 0.25) is 0 Å². The smallest absolute Gasteiger partial charge is 0.333 e. The Hall–Kier alpha value is -3.58. The molecule has 0 saturated carbocycles. The van der Waals surface area contributed by atoms with E-state index >= 15 is 0 Å². The van der Waals surface area contributed by atoms with Crippen molar-refractivity contribution in [3.63, 3.8) is 0 Å². The first-order valence-corrected chi connectivity index (χ1v) is 13.5. The van der Waals surface area contributed by atoms with Crippen LogP contribution in [0.3, 0.4) is 0 Å². The van der Waals surface area contributed by atoms with Gasteiger partial charge in [-0.1, -0.05) is 31.5 Å². The number of anilines is 1. The maximum atomic E-state index is 12.5. The number of hydrogen-bond donors (Lipinski definition) is 0. The molecule has 7 heteroatoms. The molecule has 0 unspecified atom stereocenters. The molecule has 0 amide bonds. The van der Waals surface area contributed by atoms with Crippen LogP contribution >= 0.6 is 0 Å². The van der Waals surface area contributed by atoms with Crippen LogP contribution in [0.15, 0.2) is 60.4 Å². The fraction of sp³-hybridized carbons (Fsp3) is 0.419. The van der Waals surface area contributed by atoms with Crippen LogP contribution in [0.25, 0.3) is 17.2 Å².